The van der Waals surface area contributed by atoms with Gasteiger partial charge in [-0.3, -0.25) is 4.68 Å². The monoisotopic (exact) mass is 202 g/mol. The molecule has 0 amide bonds. The number of hydrogen-bond acceptors (Lipinski definition) is 3. The lowest BCUT2D eigenvalue weighted by atomic mass is 10.2. The average molecular weight is 203 g/mol. The van der Waals surface area contributed by atoms with Crippen molar-refractivity contribution in [3.05, 3.63) is 12.2 Å². The molecule has 5 heteroatoms. The van der Waals surface area contributed by atoms with Crippen LogP contribution >= 0.6 is 11.6 Å². The van der Waals surface area contributed by atoms with E-state index in [-0.39, 0.29) is 0 Å². The lowest BCUT2D eigenvalue weighted by Crippen LogP contribution is -2.23. The van der Waals surface area contributed by atoms with Gasteiger partial charge in [-0.05, 0) is 12.5 Å². The minimum absolute atomic E-state index is 0.495. The van der Waals surface area contributed by atoms with Gasteiger partial charge < -0.3 is 5.32 Å². The maximum atomic E-state index is 5.67. The van der Waals surface area contributed by atoms with Gasteiger partial charge in [-0.1, -0.05) is 6.92 Å². The van der Waals surface area contributed by atoms with E-state index in [2.05, 4.69) is 22.3 Å². The van der Waals surface area contributed by atoms with Crippen molar-refractivity contribution in [1.29, 1.82) is 0 Å². The van der Waals surface area contributed by atoms with E-state index in [0.29, 0.717) is 11.8 Å². The van der Waals surface area contributed by atoms with Crippen molar-refractivity contribution >= 4 is 11.6 Å². The van der Waals surface area contributed by atoms with Crippen LogP contribution in [-0.2, 0) is 13.6 Å². The molecular formula is C8H15ClN4. The first-order valence-corrected chi connectivity index (χ1v) is 4.87. The summed E-state index contributed by atoms with van der Waals surface area (Å²) in [5.41, 5.74) is 0. The molecule has 0 fully saturated rings. The number of hydrogen-bond donors (Lipinski definition) is 1. The molecule has 0 aliphatic rings. The van der Waals surface area contributed by atoms with Gasteiger partial charge in [0.05, 0.1) is 6.54 Å². The molecule has 1 rings (SSSR count). The summed E-state index contributed by atoms with van der Waals surface area (Å²) in [4.78, 5) is 4.09. The molecule has 1 aromatic rings. The SMILES string of the molecule is CC(CCl)CNCc1ncnn1C. The topological polar surface area (TPSA) is 42.7 Å². The summed E-state index contributed by atoms with van der Waals surface area (Å²) >= 11 is 5.67. The van der Waals surface area contributed by atoms with E-state index in [1.165, 1.54) is 0 Å². The lowest BCUT2D eigenvalue weighted by molar-refractivity contribution is 0.534. The van der Waals surface area contributed by atoms with Crippen molar-refractivity contribution in [2.45, 2.75) is 13.5 Å². The van der Waals surface area contributed by atoms with Crippen molar-refractivity contribution < 1.29 is 0 Å². The highest BCUT2D eigenvalue weighted by molar-refractivity contribution is 6.18. The van der Waals surface area contributed by atoms with Gasteiger partial charge >= 0.3 is 0 Å². The lowest BCUT2D eigenvalue weighted by Gasteiger charge is -2.08. The van der Waals surface area contributed by atoms with Gasteiger partial charge in [0, 0.05) is 12.9 Å². The number of aromatic nitrogens is 3. The van der Waals surface area contributed by atoms with Crippen LogP contribution < -0.4 is 5.32 Å². The normalized spacial score (nSPS) is 13.2. The smallest absolute Gasteiger partial charge is 0.140 e. The molecular weight excluding hydrogens is 188 g/mol. The Hall–Kier alpha value is -0.610. The maximum Gasteiger partial charge on any atom is 0.140 e. The first-order valence-electron chi connectivity index (χ1n) is 4.33. The third-order valence-corrected chi connectivity index (χ3v) is 2.37. The van der Waals surface area contributed by atoms with Crippen LogP contribution in [0.15, 0.2) is 6.33 Å². The van der Waals surface area contributed by atoms with E-state index >= 15 is 0 Å². The van der Waals surface area contributed by atoms with Crippen LogP contribution in [-0.4, -0.2) is 27.2 Å². The standard InChI is InChI=1S/C8H15ClN4/c1-7(3-9)4-10-5-8-11-6-12-13(8)2/h6-7,10H,3-5H2,1-2H3. The number of nitrogens with zero attached hydrogens (tertiary/aromatic N) is 3. The van der Waals surface area contributed by atoms with Crippen molar-refractivity contribution in [2.24, 2.45) is 13.0 Å². The zero-order valence-corrected chi connectivity index (χ0v) is 8.75. The third kappa shape index (κ3) is 3.32. The van der Waals surface area contributed by atoms with Crippen LogP contribution in [0.2, 0.25) is 0 Å². The first-order chi connectivity index (χ1) is 6.24. The number of alkyl halides is 1. The predicted molar refractivity (Wildman–Crippen MR) is 52.6 cm³/mol. The first kappa shape index (κ1) is 10.5. The molecule has 1 unspecified atom stereocenters. The van der Waals surface area contributed by atoms with Crippen LogP contribution in [0.1, 0.15) is 12.7 Å². The largest absolute Gasteiger partial charge is 0.310 e. The minimum atomic E-state index is 0.495. The fourth-order valence-electron chi connectivity index (χ4n) is 0.965. The zero-order valence-electron chi connectivity index (χ0n) is 8.00. The second kappa shape index (κ2) is 5.19. The highest BCUT2D eigenvalue weighted by atomic mass is 35.5. The fourth-order valence-corrected chi connectivity index (χ4v) is 1.07. The third-order valence-electron chi connectivity index (χ3n) is 1.84. The van der Waals surface area contributed by atoms with E-state index in [1.54, 1.807) is 11.0 Å². The Bertz CT molecular complexity index is 248. The maximum absolute atomic E-state index is 5.67. The van der Waals surface area contributed by atoms with Crippen LogP contribution in [0, 0.1) is 5.92 Å². The highest BCUT2D eigenvalue weighted by Crippen LogP contribution is 1.96. The molecule has 1 atom stereocenters. The van der Waals surface area contributed by atoms with Gasteiger partial charge in [0.1, 0.15) is 12.2 Å². The quantitative estimate of drug-likeness (QED) is 0.718. The van der Waals surface area contributed by atoms with Gasteiger partial charge in [0.2, 0.25) is 0 Å². The molecule has 1 aromatic heterocycles. The van der Waals surface area contributed by atoms with Crippen LogP contribution in [0.4, 0.5) is 0 Å². The van der Waals surface area contributed by atoms with Gasteiger partial charge in [-0.25, -0.2) is 4.98 Å². The van der Waals surface area contributed by atoms with Crippen molar-refractivity contribution in [3.8, 4) is 0 Å². The van der Waals surface area contributed by atoms with Gasteiger partial charge in [0.25, 0.3) is 0 Å². The zero-order chi connectivity index (χ0) is 9.68. The Morgan fingerprint density at radius 3 is 3.00 bits per heavy atom. The van der Waals surface area contributed by atoms with Crippen molar-refractivity contribution in [1.82, 2.24) is 20.1 Å². The summed E-state index contributed by atoms with van der Waals surface area (Å²) in [5.74, 6) is 2.13. The molecule has 0 spiro atoms. The molecule has 0 saturated carbocycles. The van der Waals surface area contributed by atoms with E-state index in [0.717, 1.165) is 18.9 Å². The summed E-state index contributed by atoms with van der Waals surface area (Å²) in [6.07, 6.45) is 1.56. The summed E-state index contributed by atoms with van der Waals surface area (Å²) < 4.78 is 1.76. The molecule has 74 valence electrons. The van der Waals surface area contributed by atoms with Gasteiger partial charge in [-0.15, -0.1) is 11.6 Å². The second-order valence-electron chi connectivity index (χ2n) is 3.19. The second-order valence-corrected chi connectivity index (χ2v) is 3.50. The van der Waals surface area contributed by atoms with E-state index in [9.17, 15) is 0 Å². The summed E-state index contributed by atoms with van der Waals surface area (Å²) in [7, 11) is 1.88. The molecule has 4 nitrogen and oxygen atoms in total. The molecule has 0 aromatic carbocycles. The van der Waals surface area contributed by atoms with E-state index in [4.69, 9.17) is 11.6 Å². The molecule has 0 radical (unpaired) electrons. The highest BCUT2D eigenvalue weighted by Gasteiger charge is 2.01. The van der Waals surface area contributed by atoms with E-state index < -0.39 is 0 Å². The van der Waals surface area contributed by atoms with Gasteiger partial charge in [0.15, 0.2) is 0 Å². The number of rotatable bonds is 5. The van der Waals surface area contributed by atoms with E-state index in [1.807, 2.05) is 7.05 Å². The number of halogens is 1. The Kier molecular flexibility index (Phi) is 4.18. The molecule has 0 aliphatic carbocycles. The molecule has 0 bridgehead atoms. The molecule has 0 saturated heterocycles. The summed E-state index contributed by atoms with van der Waals surface area (Å²) in [5, 5.41) is 7.25. The van der Waals surface area contributed by atoms with Crippen LogP contribution in [0.3, 0.4) is 0 Å². The van der Waals surface area contributed by atoms with Crippen molar-refractivity contribution in [3.63, 3.8) is 0 Å². The molecule has 1 N–H and O–H groups in total. The fraction of sp³-hybridized carbons (Fsp3) is 0.750. The minimum Gasteiger partial charge on any atom is -0.310 e. The predicted octanol–water partition coefficient (Wildman–Crippen LogP) is 0.780. The molecule has 13 heavy (non-hydrogen) atoms. The number of nitrogens with one attached hydrogen (secondary N) is 1. The van der Waals surface area contributed by atoms with Gasteiger partial charge in [-0.2, -0.15) is 5.10 Å². The summed E-state index contributed by atoms with van der Waals surface area (Å²) in [6.45, 7) is 3.77. The van der Waals surface area contributed by atoms with Crippen LogP contribution in [0.5, 0.6) is 0 Å². The molecule has 1 heterocycles. The number of aryl methyl sites for hydroxylation is 1. The Morgan fingerprint density at radius 2 is 2.46 bits per heavy atom. The Balaban J connectivity index is 2.24. The average Bonchev–Trinajstić information content (AvgIpc) is 2.52. The van der Waals surface area contributed by atoms with Crippen LogP contribution in [0.25, 0.3) is 0 Å². The van der Waals surface area contributed by atoms with Crippen molar-refractivity contribution in [2.75, 3.05) is 12.4 Å². The summed E-state index contributed by atoms with van der Waals surface area (Å²) in [6, 6.07) is 0. The Labute approximate surface area is 83.3 Å². The Morgan fingerprint density at radius 1 is 1.69 bits per heavy atom. The molecule has 0 aliphatic heterocycles.